The van der Waals surface area contributed by atoms with Crippen molar-refractivity contribution >= 4 is 0 Å². The first kappa shape index (κ1) is 15.5. The lowest BCUT2D eigenvalue weighted by Gasteiger charge is -2.17. The van der Waals surface area contributed by atoms with Crippen molar-refractivity contribution in [3.63, 3.8) is 0 Å². The van der Waals surface area contributed by atoms with Gasteiger partial charge in [-0.15, -0.1) is 0 Å². The quantitative estimate of drug-likeness (QED) is 0.616. The Morgan fingerprint density at radius 1 is 0.826 bits per heavy atom. The van der Waals surface area contributed by atoms with E-state index in [1.807, 2.05) is 0 Å². The van der Waals surface area contributed by atoms with Crippen LogP contribution < -0.4 is 4.57 Å². The summed E-state index contributed by atoms with van der Waals surface area (Å²) in [4.78, 5) is 0. The molecule has 2 heterocycles. The van der Waals surface area contributed by atoms with Crippen LogP contribution in [0.4, 0.5) is 0 Å². The monoisotopic (exact) mass is 305 g/mol. The Balaban J connectivity index is 2.37. The summed E-state index contributed by atoms with van der Waals surface area (Å²) in [7, 11) is 2.11. The second-order valence-electron chi connectivity index (χ2n) is 6.60. The standard InChI is InChI=1S/C21H25N2/c1-14-11-15(2)20(16(3)12-14)23-18(5)13-17(4)21(23)19-9-7-8-10-22(19)6/h7-13H,1-6H3/q+1. The molecule has 0 N–H and O–H groups in total. The maximum Gasteiger partial charge on any atom is 0.229 e. The molecule has 2 nitrogen and oxygen atoms in total. The molecule has 0 radical (unpaired) electrons. The molecule has 0 amide bonds. The molecule has 2 heteroatoms. The zero-order chi connectivity index (χ0) is 16.7. The number of hydrogen-bond donors (Lipinski definition) is 0. The van der Waals surface area contributed by atoms with Gasteiger partial charge in [0.25, 0.3) is 0 Å². The van der Waals surface area contributed by atoms with E-state index < -0.39 is 0 Å². The summed E-state index contributed by atoms with van der Waals surface area (Å²) in [6.45, 7) is 11.0. The van der Waals surface area contributed by atoms with Gasteiger partial charge in [0.1, 0.15) is 12.7 Å². The number of hydrogen-bond acceptors (Lipinski definition) is 0. The van der Waals surface area contributed by atoms with Crippen molar-refractivity contribution in [2.24, 2.45) is 7.05 Å². The average molecular weight is 305 g/mol. The van der Waals surface area contributed by atoms with Crippen LogP contribution in [-0.4, -0.2) is 4.57 Å². The van der Waals surface area contributed by atoms with Gasteiger partial charge in [0.2, 0.25) is 5.69 Å². The Kier molecular flexibility index (Phi) is 3.85. The highest BCUT2D eigenvalue weighted by Gasteiger charge is 2.21. The molecule has 0 aliphatic heterocycles. The van der Waals surface area contributed by atoms with E-state index in [0.29, 0.717) is 0 Å². The van der Waals surface area contributed by atoms with Gasteiger partial charge in [-0.3, -0.25) is 0 Å². The summed E-state index contributed by atoms with van der Waals surface area (Å²) >= 11 is 0. The van der Waals surface area contributed by atoms with E-state index >= 15 is 0 Å². The van der Waals surface area contributed by atoms with E-state index in [1.165, 1.54) is 45.0 Å². The molecule has 2 aromatic heterocycles. The fraction of sp³-hybridized carbons (Fsp3) is 0.286. The largest absolute Gasteiger partial charge is 0.308 e. The van der Waals surface area contributed by atoms with Gasteiger partial charge in [0.05, 0.1) is 5.69 Å². The third-order valence-electron chi connectivity index (χ3n) is 4.53. The van der Waals surface area contributed by atoms with E-state index in [9.17, 15) is 0 Å². The van der Waals surface area contributed by atoms with Crippen molar-refractivity contribution in [3.8, 4) is 17.1 Å². The van der Waals surface area contributed by atoms with Gasteiger partial charge >= 0.3 is 0 Å². The van der Waals surface area contributed by atoms with Gasteiger partial charge in [-0.2, -0.15) is 4.57 Å². The Morgan fingerprint density at radius 3 is 2.09 bits per heavy atom. The van der Waals surface area contributed by atoms with Crippen LogP contribution in [0.15, 0.2) is 42.6 Å². The summed E-state index contributed by atoms with van der Waals surface area (Å²) in [5.41, 5.74) is 10.4. The lowest BCUT2D eigenvalue weighted by atomic mass is 10.0. The SMILES string of the molecule is Cc1cc(C)c(-n2c(C)cc(C)c2-c2cccc[n+]2C)c(C)c1. The van der Waals surface area contributed by atoms with Crippen LogP contribution in [-0.2, 0) is 7.05 Å². The molecule has 0 saturated carbocycles. The molecule has 23 heavy (non-hydrogen) atoms. The fourth-order valence-electron chi connectivity index (χ4n) is 3.70. The minimum absolute atomic E-state index is 1.23. The van der Waals surface area contributed by atoms with E-state index in [2.05, 4.69) is 93.4 Å². The summed E-state index contributed by atoms with van der Waals surface area (Å²) in [6, 6.07) is 13.2. The summed E-state index contributed by atoms with van der Waals surface area (Å²) in [5.74, 6) is 0. The Labute approximate surface area is 139 Å². The molecule has 0 fully saturated rings. The minimum Gasteiger partial charge on any atom is -0.308 e. The molecule has 0 spiro atoms. The van der Waals surface area contributed by atoms with Gasteiger partial charge in [0, 0.05) is 17.8 Å². The smallest absolute Gasteiger partial charge is 0.229 e. The zero-order valence-electron chi connectivity index (χ0n) is 14.9. The highest BCUT2D eigenvalue weighted by molar-refractivity contribution is 5.65. The van der Waals surface area contributed by atoms with E-state index in [4.69, 9.17) is 0 Å². The van der Waals surface area contributed by atoms with Crippen molar-refractivity contribution in [2.45, 2.75) is 34.6 Å². The Bertz CT molecular complexity index is 862. The number of pyridine rings is 1. The number of aromatic nitrogens is 2. The molecule has 0 aliphatic carbocycles. The molecule has 0 atom stereocenters. The Hall–Kier alpha value is -2.35. The average Bonchev–Trinajstić information content (AvgIpc) is 2.73. The summed E-state index contributed by atoms with van der Waals surface area (Å²) in [6.07, 6.45) is 2.11. The van der Waals surface area contributed by atoms with Crippen molar-refractivity contribution in [3.05, 3.63) is 70.5 Å². The second kappa shape index (κ2) is 5.69. The highest BCUT2D eigenvalue weighted by Crippen LogP contribution is 2.32. The van der Waals surface area contributed by atoms with E-state index in [1.54, 1.807) is 0 Å². The lowest BCUT2D eigenvalue weighted by molar-refractivity contribution is -0.660. The fourth-order valence-corrected chi connectivity index (χ4v) is 3.70. The van der Waals surface area contributed by atoms with Gasteiger partial charge in [-0.25, -0.2) is 0 Å². The normalized spacial score (nSPS) is 11.0. The molecule has 3 aromatic rings. The number of nitrogens with zero attached hydrogens (tertiary/aromatic N) is 2. The van der Waals surface area contributed by atoms with Crippen molar-refractivity contribution in [1.82, 2.24) is 4.57 Å². The van der Waals surface area contributed by atoms with Gasteiger partial charge in [-0.1, -0.05) is 17.7 Å². The summed E-state index contributed by atoms with van der Waals surface area (Å²) < 4.78 is 4.60. The number of rotatable bonds is 2. The first-order chi connectivity index (χ1) is 10.9. The van der Waals surface area contributed by atoms with Crippen LogP contribution in [0.25, 0.3) is 17.1 Å². The van der Waals surface area contributed by atoms with Crippen LogP contribution in [0, 0.1) is 34.6 Å². The van der Waals surface area contributed by atoms with Crippen LogP contribution in [0.5, 0.6) is 0 Å². The second-order valence-corrected chi connectivity index (χ2v) is 6.60. The van der Waals surface area contributed by atoms with E-state index in [-0.39, 0.29) is 0 Å². The van der Waals surface area contributed by atoms with E-state index in [0.717, 1.165) is 0 Å². The first-order valence-corrected chi connectivity index (χ1v) is 8.12. The van der Waals surface area contributed by atoms with Crippen LogP contribution in [0.1, 0.15) is 27.9 Å². The minimum atomic E-state index is 1.23. The van der Waals surface area contributed by atoms with Crippen LogP contribution in [0.2, 0.25) is 0 Å². The van der Waals surface area contributed by atoms with Crippen LogP contribution >= 0.6 is 0 Å². The maximum atomic E-state index is 2.41. The van der Waals surface area contributed by atoms with Crippen molar-refractivity contribution < 1.29 is 4.57 Å². The van der Waals surface area contributed by atoms with Gasteiger partial charge in [-0.05, 0) is 63.4 Å². The first-order valence-electron chi connectivity index (χ1n) is 8.12. The molecule has 0 unspecified atom stereocenters. The third-order valence-corrected chi connectivity index (χ3v) is 4.53. The van der Waals surface area contributed by atoms with Crippen LogP contribution in [0.3, 0.4) is 0 Å². The molecule has 3 rings (SSSR count). The van der Waals surface area contributed by atoms with Gasteiger partial charge < -0.3 is 4.57 Å². The highest BCUT2D eigenvalue weighted by atomic mass is 15.0. The zero-order valence-corrected chi connectivity index (χ0v) is 14.9. The number of aryl methyl sites for hydroxylation is 6. The predicted molar refractivity (Wildman–Crippen MR) is 96.1 cm³/mol. The topological polar surface area (TPSA) is 8.81 Å². The predicted octanol–water partition coefficient (Wildman–Crippen LogP) is 4.51. The molecular formula is C21H25N2+. The molecule has 0 aliphatic rings. The third kappa shape index (κ3) is 2.59. The summed E-state index contributed by atoms with van der Waals surface area (Å²) in [5, 5.41) is 0. The Morgan fingerprint density at radius 2 is 1.48 bits per heavy atom. The molecular weight excluding hydrogens is 280 g/mol. The molecule has 118 valence electrons. The molecule has 0 saturated heterocycles. The van der Waals surface area contributed by atoms with Gasteiger partial charge in [0.15, 0.2) is 6.20 Å². The molecule has 1 aromatic carbocycles. The maximum absolute atomic E-state index is 2.41. The number of benzene rings is 1. The lowest BCUT2D eigenvalue weighted by Crippen LogP contribution is -2.31. The van der Waals surface area contributed by atoms with Crippen molar-refractivity contribution in [1.29, 1.82) is 0 Å². The molecule has 0 bridgehead atoms. The van der Waals surface area contributed by atoms with Crippen molar-refractivity contribution in [2.75, 3.05) is 0 Å².